The van der Waals surface area contributed by atoms with Crippen LogP contribution < -0.4 is 5.32 Å². The van der Waals surface area contributed by atoms with Crippen molar-refractivity contribution in [2.24, 2.45) is 0 Å². The Balaban J connectivity index is 2.27. The quantitative estimate of drug-likeness (QED) is 0.675. The van der Waals surface area contributed by atoms with Crippen molar-refractivity contribution < 1.29 is 23.5 Å². The Bertz CT molecular complexity index is 652. The minimum atomic E-state index is -1.40. The molecule has 1 atom stereocenters. The number of halogens is 2. The Morgan fingerprint density at radius 2 is 2.14 bits per heavy atom. The standard InChI is InChI=1S/C14H14ClFN2O4/c1-14(9-4-3-8(16)7-10(9)15)12(20)18(13(21)17-14)6-5-11(19)22-2/h3-4,7H,5-6H2,1-2H3,(H,17,21)/t14-/m1/s1. The van der Waals surface area contributed by atoms with Crippen LogP contribution in [0, 0.1) is 5.82 Å². The molecule has 1 N–H and O–H groups in total. The van der Waals surface area contributed by atoms with E-state index in [0.717, 1.165) is 17.0 Å². The molecule has 118 valence electrons. The van der Waals surface area contributed by atoms with Crippen molar-refractivity contribution in [3.63, 3.8) is 0 Å². The third-order valence-electron chi connectivity index (χ3n) is 3.51. The minimum Gasteiger partial charge on any atom is -0.469 e. The van der Waals surface area contributed by atoms with Gasteiger partial charge in [-0.05, 0) is 19.1 Å². The fourth-order valence-corrected chi connectivity index (χ4v) is 2.64. The fourth-order valence-electron chi connectivity index (χ4n) is 2.28. The van der Waals surface area contributed by atoms with Crippen LogP contribution in [-0.2, 0) is 19.9 Å². The van der Waals surface area contributed by atoms with Gasteiger partial charge in [0.15, 0.2) is 0 Å². The number of methoxy groups -OCH3 is 1. The van der Waals surface area contributed by atoms with Gasteiger partial charge in [0.1, 0.15) is 11.4 Å². The summed E-state index contributed by atoms with van der Waals surface area (Å²) >= 11 is 5.97. The highest BCUT2D eigenvalue weighted by Gasteiger charge is 2.49. The first-order valence-electron chi connectivity index (χ1n) is 6.46. The van der Waals surface area contributed by atoms with E-state index in [1.807, 2.05) is 0 Å². The van der Waals surface area contributed by atoms with Gasteiger partial charge in [0, 0.05) is 17.1 Å². The number of imide groups is 1. The van der Waals surface area contributed by atoms with Gasteiger partial charge >= 0.3 is 12.0 Å². The fraction of sp³-hybridized carbons (Fsp3) is 0.357. The second-order valence-electron chi connectivity index (χ2n) is 4.96. The highest BCUT2D eigenvalue weighted by Crippen LogP contribution is 2.33. The zero-order valence-corrected chi connectivity index (χ0v) is 12.7. The number of hydrogen-bond donors (Lipinski definition) is 1. The molecule has 0 aromatic heterocycles. The number of esters is 1. The van der Waals surface area contributed by atoms with E-state index in [0.29, 0.717) is 0 Å². The molecule has 0 spiro atoms. The Kier molecular flexibility index (Phi) is 4.37. The molecule has 0 unspecified atom stereocenters. The lowest BCUT2D eigenvalue weighted by Gasteiger charge is -2.23. The lowest BCUT2D eigenvalue weighted by Crippen LogP contribution is -2.41. The highest BCUT2D eigenvalue weighted by atomic mass is 35.5. The van der Waals surface area contributed by atoms with E-state index in [9.17, 15) is 18.8 Å². The van der Waals surface area contributed by atoms with E-state index in [-0.39, 0.29) is 23.6 Å². The van der Waals surface area contributed by atoms with Crippen LogP contribution in [0.2, 0.25) is 5.02 Å². The predicted octanol–water partition coefficient (Wildman–Crippen LogP) is 1.81. The van der Waals surface area contributed by atoms with Crippen molar-refractivity contribution in [2.75, 3.05) is 13.7 Å². The molecular formula is C14H14ClFN2O4. The lowest BCUT2D eigenvalue weighted by molar-refractivity contribution is -0.141. The number of nitrogens with one attached hydrogen (secondary N) is 1. The molecule has 1 aromatic carbocycles. The van der Waals surface area contributed by atoms with E-state index in [1.54, 1.807) is 0 Å². The number of urea groups is 1. The number of carbonyl (C=O) groups is 3. The van der Waals surface area contributed by atoms with Gasteiger partial charge in [-0.3, -0.25) is 14.5 Å². The zero-order valence-electron chi connectivity index (χ0n) is 12.0. The third kappa shape index (κ3) is 2.76. The Morgan fingerprint density at radius 1 is 1.45 bits per heavy atom. The number of hydrogen-bond acceptors (Lipinski definition) is 4. The summed E-state index contributed by atoms with van der Waals surface area (Å²) in [6.45, 7) is 1.37. The molecule has 2 rings (SSSR count). The van der Waals surface area contributed by atoms with Crippen LogP contribution in [-0.4, -0.2) is 36.5 Å². The molecule has 1 heterocycles. The van der Waals surface area contributed by atoms with Gasteiger partial charge in [-0.2, -0.15) is 0 Å². The smallest absolute Gasteiger partial charge is 0.325 e. The number of nitrogens with zero attached hydrogens (tertiary/aromatic N) is 1. The topological polar surface area (TPSA) is 75.7 Å². The summed E-state index contributed by atoms with van der Waals surface area (Å²) in [4.78, 5) is 36.6. The molecule has 8 heteroatoms. The maximum atomic E-state index is 13.1. The third-order valence-corrected chi connectivity index (χ3v) is 3.82. The van der Waals surface area contributed by atoms with Gasteiger partial charge in [0.2, 0.25) is 0 Å². The SMILES string of the molecule is COC(=O)CCN1C(=O)N[C@](C)(c2ccc(F)cc2Cl)C1=O. The maximum Gasteiger partial charge on any atom is 0.325 e. The minimum absolute atomic E-state index is 0.0333. The summed E-state index contributed by atoms with van der Waals surface area (Å²) < 4.78 is 17.6. The van der Waals surface area contributed by atoms with Gasteiger partial charge in [0.05, 0.1) is 13.5 Å². The molecule has 0 aliphatic carbocycles. The predicted molar refractivity (Wildman–Crippen MR) is 75.6 cm³/mol. The molecule has 1 saturated heterocycles. The normalized spacial score (nSPS) is 21.0. The van der Waals surface area contributed by atoms with E-state index in [2.05, 4.69) is 10.1 Å². The van der Waals surface area contributed by atoms with Crippen LogP contribution in [0.25, 0.3) is 0 Å². The number of rotatable bonds is 4. The number of ether oxygens (including phenoxy) is 1. The van der Waals surface area contributed by atoms with E-state index < -0.39 is 29.3 Å². The van der Waals surface area contributed by atoms with Crippen LogP contribution in [0.5, 0.6) is 0 Å². The van der Waals surface area contributed by atoms with Crippen molar-refractivity contribution >= 4 is 29.5 Å². The average molecular weight is 329 g/mol. The summed E-state index contributed by atoms with van der Waals surface area (Å²) in [5.74, 6) is -1.64. The van der Waals surface area contributed by atoms with Crippen LogP contribution in [0.15, 0.2) is 18.2 Å². The van der Waals surface area contributed by atoms with Crippen LogP contribution in [0.1, 0.15) is 18.9 Å². The summed E-state index contributed by atoms with van der Waals surface area (Å²) in [5.41, 5.74) is -1.12. The summed E-state index contributed by atoms with van der Waals surface area (Å²) in [7, 11) is 1.22. The second-order valence-corrected chi connectivity index (χ2v) is 5.37. The van der Waals surface area contributed by atoms with Crippen molar-refractivity contribution in [3.05, 3.63) is 34.6 Å². The van der Waals surface area contributed by atoms with Crippen molar-refractivity contribution in [1.82, 2.24) is 10.2 Å². The average Bonchev–Trinajstić information content (AvgIpc) is 2.67. The molecule has 6 nitrogen and oxygen atoms in total. The van der Waals surface area contributed by atoms with Crippen LogP contribution in [0.3, 0.4) is 0 Å². The Morgan fingerprint density at radius 3 is 2.73 bits per heavy atom. The largest absolute Gasteiger partial charge is 0.469 e. The highest BCUT2D eigenvalue weighted by molar-refractivity contribution is 6.32. The molecule has 0 saturated carbocycles. The zero-order chi connectivity index (χ0) is 16.5. The second kappa shape index (κ2) is 5.92. The molecule has 0 radical (unpaired) electrons. The maximum absolute atomic E-state index is 13.1. The molecule has 3 amide bonds. The van der Waals surface area contributed by atoms with Gasteiger partial charge in [-0.15, -0.1) is 0 Å². The van der Waals surface area contributed by atoms with Crippen molar-refractivity contribution in [3.8, 4) is 0 Å². The molecule has 22 heavy (non-hydrogen) atoms. The van der Waals surface area contributed by atoms with E-state index >= 15 is 0 Å². The number of amides is 3. The van der Waals surface area contributed by atoms with Gasteiger partial charge in [-0.25, -0.2) is 9.18 Å². The Labute approximate surface area is 131 Å². The van der Waals surface area contributed by atoms with Gasteiger partial charge in [0.25, 0.3) is 5.91 Å². The molecular weight excluding hydrogens is 315 g/mol. The molecule has 1 aliphatic rings. The lowest BCUT2D eigenvalue weighted by atomic mass is 9.92. The van der Waals surface area contributed by atoms with Gasteiger partial charge in [-0.1, -0.05) is 17.7 Å². The molecule has 1 aromatic rings. The first kappa shape index (κ1) is 16.2. The first-order valence-corrected chi connectivity index (χ1v) is 6.84. The number of benzene rings is 1. The van der Waals surface area contributed by atoms with E-state index in [1.165, 1.54) is 20.1 Å². The monoisotopic (exact) mass is 328 g/mol. The van der Waals surface area contributed by atoms with Crippen molar-refractivity contribution in [2.45, 2.75) is 18.9 Å². The molecule has 1 fully saturated rings. The van der Waals surface area contributed by atoms with Crippen molar-refractivity contribution in [1.29, 1.82) is 0 Å². The summed E-state index contributed by atoms with van der Waals surface area (Å²) in [6.07, 6.45) is -0.108. The number of carbonyl (C=O) groups excluding carboxylic acids is 3. The summed E-state index contributed by atoms with van der Waals surface area (Å²) in [5, 5.41) is 2.56. The molecule has 0 bridgehead atoms. The van der Waals surface area contributed by atoms with Crippen LogP contribution in [0.4, 0.5) is 9.18 Å². The first-order chi connectivity index (χ1) is 10.3. The molecule has 1 aliphatic heterocycles. The Hall–Kier alpha value is -2.15. The summed E-state index contributed by atoms with van der Waals surface area (Å²) in [6, 6.07) is 2.93. The van der Waals surface area contributed by atoms with Crippen LogP contribution >= 0.6 is 11.6 Å². The van der Waals surface area contributed by atoms with E-state index in [4.69, 9.17) is 11.6 Å². The van der Waals surface area contributed by atoms with Gasteiger partial charge < -0.3 is 10.1 Å².